The molecule has 0 heterocycles. The standard InChI is InChI=1S/C18H32ClN3O4S2/c1-11(2)21(12(3)4)27(23,24)17-10-18(16(20)9-15(17)19)28(25,26)22(13(5)6)14(7)8/h9-14H,20H2,1-8H3. The minimum Gasteiger partial charge on any atom is -0.398 e. The average Bonchev–Trinajstić information content (AvgIpc) is 2.43. The summed E-state index contributed by atoms with van der Waals surface area (Å²) < 4.78 is 55.6. The van der Waals surface area contributed by atoms with E-state index in [2.05, 4.69) is 0 Å². The van der Waals surface area contributed by atoms with Crippen molar-refractivity contribution in [3.05, 3.63) is 17.2 Å². The Balaban J connectivity index is 3.79. The van der Waals surface area contributed by atoms with E-state index < -0.39 is 20.0 Å². The number of nitrogens with two attached hydrogens (primary N) is 1. The summed E-state index contributed by atoms with van der Waals surface area (Å²) in [6, 6.07) is 0.950. The molecule has 0 aromatic heterocycles. The number of hydrogen-bond acceptors (Lipinski definition) is 5. The number of hydrogen-bond donors (Lipinski definition) is 1. The van der Waals surface area contributed by atoms with E-state index in [0.717, 1.165) is 6.07 Å². The summed E-state index contributed by atoms with van der Waals surface area (Å²) in [5.41, 5.74) is 5.87. The monoisotopic (exact) mass is 453 g/mol. The van der Waals surface area contributed by atoms with Gasteiger partial charge in [0.05, 0.1) is 10.7 Å². The zero-order valence-corrected chi connectivity index (χ0v) is 20.2. The predicted molar refractivity (Wildman–Crippen MR) is 114 cm³/mol. The van der Waals surface area contributed by atoms with E-state index in [1.165, 1.54) is 14.7 Å². The fourth-order valence-electron chi connectivity index (χ4n) is 3.50. The van der Waals surface area contributed by atoms with E-state index in [1.54, 1.807) is 55.4 Å². The van der Waals surface area contributed by atoms with E-state index in [9.17, 15) is 16.8 Å². The zero-order chi connectivity index (χ0) is 22.2. The molecule has 0 bridgehead atoms. The smallest absolute Gasteiger partial charge is 0.245 e. The maximum absolute atomic E-state index is 13.3. The van der Waals surface area contributed by atoms with Crippen molar-refractivity contribution in [3.8, 4) is 0 Å². The zero-order valence-electron chi connectivity index (χ0n) is 17.8. The Morgan fingerprint density at radius 1 is 0.714 bits per heavy atom. The van der Waals surface area contributed by atoms with Crippen LogP contribution in [0.25, 0.3) is 0 Å². The first-order chi connectivity index (χ1) is 12.6. The van der Waals surface area contributed by atoms with E-state index in [-0.39, 0.29) is 44.7 Å². The highest BCUT2D eigenvalue weighted by Gasteiger charge is 2.36. The molecule has 0 atom stereocenters. The molecule has 0 saturated heterocycles. The van der Waals surface area contributed by atoms with Gasteiger partial charge in [-0.05, 0) is 67.5 Å². The van der Waals surface area contributed by atoms with Gasteiger partial charge in [-0.1, -0.05) is 11.6 Å². The molecule has 2 N–H and O–H groups in total. The van der Waals surface area contributed by atoms with Crippen molar-refractivity contribution in [1.29, 1.82) is 0 Å². The van der Waals surface area contributed by atoms with Gasteiger partial charge in [0.2, 0.25) is 20.0 Å². The molecule has 1 aromatic rings. The van der Waals surface area contributed by atoms with E-state index in [1.807, 2.05) is 0 Å². The van der Waals surface area contributed by atoms with Gasteiger partial charge >= 0.3 is 0 Å². The first kappa shape index (κ1) is 25.2. The van der Waals surface area contributed by atoms with E-state index >= 15 is 0 Å². The molecule has 0 unspecified atom stereocenters. The van der Waals surface area contributed by atoms with E-state index in [4.69, 9.17) is 17.3 Å². The molecule has 0 saturated carbocycles. The first-order valence-electron chi connectivity index (χ1n) is 9.22. The van der Waals surface area contributed by atoms with Crippen LogP contribution in [0.3, 0.4) is 0 Å². The summed E-state index contributed by atoms with van der Waals surface area (Å²) in [5, 5.41) is -0.108. The second kappa shape index (κ2) is 8.87. The highest BCUT2D eigenvalue weighted by Crippen LogP contribution is 2.35. The Kier molecular flexibility index (Phi) is 7.97. The van der Waals surface area contributed by atoms with Crippen LogP contribution < -0.4 is 5.73 Å². The van der Waals surface area contributed by atoms with Crippen LogP contribution in [0, 0.1) is 0 Å². The third kappa shape index (κ3) is 4.81. The van der Waals surface area contributed by atoms with Crippen LogP contribution in [0.1, 0.15) is 55.4 Å². The average molecular weight is 454 g/mol. The Morgan fingerprint density at radius 2 is 1.04 bits per heavy atom. The van der Waals surface area contributed by atoms with Crippen LogP contribution in [0.4, 0.5) is 5.69 Å². The molecule has 7 nitrogen and oxygen atoms in total. The van der Waals surface area contributed by atoms with Crippen LogP contribution in [-0.4, -0.2) is 49.6 Å². The van der Waals surface area contributed by atoms with Crippen molar-refractivity contribution in [2.75, 3.05) is 5.73 Å². The third-order valence-electron chi connectivity index (χ3n) is 4.21. The lowest BCUT2D eigenvalue weighted by Crippen LogP contribution is -2.43. The molecule has 162 valence electrons. The summed E-state index contributed by atoms with van der Waals surface area (Å²) in [4.78, 5) is -0.526. The number of sulfonamides is 2. The molecular weight excluding hydrogens is 422 g/mol. The summed E-state index contributed by atoms with van der Waals surface area (Å²) in [5.74, 6) is 0. The van der Waals surface area contributed by atoms with Crippen LogP contribution in [-0.2, 0) is 20.0 Å². The number of anilines is 1. The topological polar surface area (TPSA) is 101 Å². The van der Waals surface area contributed by atoms with Crippen molar-refractivity contribution < 1.29 is 16.8 Å². The highest BCUT2D eigenvalue weighted by atomic mass is 35.5. The van der Waals surface area contributed by atoms with Gasteiger partial charge in [-0.2, -0.15) is 8.61 Å². The lowest BCUT2D eigenvalue weighted by molar-refractivity contribution is 0.302. The van der Waals surface area contributed by atoms with Gasteiger partial charge in [0, 0.05) is 24.2 Å². The first-order valence-corrected chi connectivity index (χ1v) is 12.5. The molecule has 28 heavy (non-hydrogen) atoms. The highest BCUT2D eigenvalue weighted by molar-refractivity contribution is 7.90. The maximum atomic E-state index is 13.3. The SMILES string of the molecule is CC(C)N(C(C)C)S(=O)(=O)c1cc(S(=O)(=O)N(C(C)C)C(C)C)c(Cl)cc1N. The van der Waals surface area contributed by atoms with Gasteiger partial charge < -0.3 is 5.73 Å². The van der Waals surface area contributed by atoms with Crippen molar-refractivity contribution in [3.63, 3.8) is 0 Å². The molecule has 0 aliphatic heterocycles. The van der Waals surface area contributed by atoms with Gasteiger partial charge in [0.1, 0.15) is 9.79 Å². The predicted octanol–water partition coefficient (Wildman–Crippen LogP) is 3.54. The summed E-state index contributed by atoms with van der Waals surface area (Å²) >= 11 is 6.20. The van der Waals surface area contributed by atoms with Crippen molar-refractivity contribution in [2.45, 2.75) is 89.3 Å². The summed E-state index contributed by atoms with van der Waals surface area (Å²) in [6.45, 7) is 14.0. The van der Waals surface area contributed by atoms with E-state index in [0.29, 0.717) is 0 Å². The second-order valence-corrected chi connectivity index (χ2v) is 11.9. The van der Waals surface area contributed by atoms with Gasteiger partial charge in [-0.3, -0.25) is 0 Å². The van der Waals surface area contributed by atoms with Crippen LogP contribution >= 0.6 is 11.6 Å². The molecule has 1 rings (SSSR count). The molecular formula is C18H32ClN3O4S2. The molecule has 0 fully saturated rings. The number of benzene rings is 1. The van der Waals surface area contributed by atoms with Gasteiger partial charge in [0.25, 0.3) is 0 Å². The number of halogens is 1. The van der Waals surface area contributed by atoms with Crippen molar-refractivity contribution in [1.82, 2.24) is 8.61 Å². The molecule has 0 aliphatic carbocycles. The minimum absolute atomic E-state index is 0.0871. The molecule has 1 aromatic carbocycles. The maximum Gasteiger partial charge on any atom is 0.245 e. The molecule has 0 spiro atoms. The van der Waals surface area contributed by atoms with Gasteiger partial charge in [-0.15, -0.1) is 0 Å². The Labute approximate surface area is 174 Å². The van der Waals surface area contributed by atoms with Crippen molar-refractivity contribution in [2.24, 2.45) is 0 Å². The summed E-state index contributed by atoms with van der Waals surface area (Å²) in [7, 11) is -8.06. The fraction of sp³-hybridized carbons (Fsp3) is 0.667. The molecule has 0 aliphatic rings. The molecule has 0 amide bonds. The minimum atomic E-state index is -4.03. The van der Waals surface area contributed by atoms with Gasteiger partial charge in [-0.25, -0.2) is 16.8 Å². The lowest BCUT2D eigenvalue weighted by Gasteiger charge is -2.31. The second-order valence-electron chi connectivity index (χ2n) is 7.87. The van der Waals surface area contributed by atoms with Gasteiger partial charge in [0.15, 0.2) is 0 Å². The number of nitrogen functional groups attached to an aromatic ring is 1. The Hall–Kier alpha value is -0.870. The van der Waals surface area contributed by atoms with Crippen LogP contribution in [0.15, 0.2) is 21.9 Å². The number of nitrogens with zero attached hydrogens (tertiary/aromatic N) is 2. The molecule has 10 heteroatoms. The Bertz CT molecular complexity index is 824. The largest absolute Gasteiger partial charge is 0.398 e. The fourth-order valence-corrected chi connectivity index (χ4v) is 7.91. The van der Waals surface area contributed by atoms with Crippen molar-refractivity contribution >= 4 is 37.3 Å². The van der Waals surface area contributed by atoms with Crippen LogP contribution in [0.5, 0.6) is 0 Å². The normalized spacial score (nSPS) is 13.7. The lowest BCUT2D eigenvalue weighted by atomic mass is 10.3. The number of rotatable bonds is 8. The summed E-state index contributed by atoms with van der Waals surface area (Å²) in [6.07, 6.45) is 0. The quantitative estimate of drug-likeness (QED) is 0.606. The third-order valence-corrected chi connectivity index (χ3v) is 9.24. The molecule has 0 radical (unpaired) electrons. The Morgan fingerprint density at radius 3 is 1.36 bits per heavy atom. The van der Waals surface area contributed by atoms with Crippen LogP contribution in [0.2, 0.25) is 5.02 Å².